The molecule has 2 unspecified atom stereocenters. The molecule has 2 saturated heterocycles. The number of hydrogen-bond donors (Lipinski definition) is 2. The normalized spacial score (nSPS) is 30.8. The van der Waals surface area contributed by atoms with Gasteiger partial charge in [-0.05, 0) is 25.7 Å². The maximum Gasteiger partial charge on any atom is 0.277 e. The van der Waals surface area contributed by atoms with Crippen LogP contribution in [0.4, 0.5) is 5.69 Å². The van der Waals surface area contributed by atoms with E-state index in [9.17, 15) is 9.90 Å². The van der Waals surface area contributed by atoms with E-state index in [2.05, 4.69) is 5.10 Å². The van der Waals surface area contributed by atoms with Crippen molar-refractivity contribution in [1.82, 2.24) is 14.7 Å². The number of nitrogens with two attached hydrogens (primary N) is 1. The summed E-state index contributed by atoms with van der Waals surface area (Å²) in [7, 11) is 1.75. The van der Waals surface area contributed by atoms with Crippen molar-refractivity contribution in [3.63, 3.8) is 0 Å². The Bertz CT molecular complexity index is 470. The Morgan fingerprint density at radius 2 is 2.06 bits per heavy atom. The molecule has 0 aromatic carbocycles. The molecule has 18 heavy (non-hydrogen) atoms. The Balaban J connectivity index is 1.88. The molecule has 6 heteroatoms. The summed E-state index contributed by atoms with van der Waals surface area (Å²) in [5.74, 6) is -0.0903. The van der Waals surface area contributed by atoms with Gasteiger partial charge in [-0.1, -0.05) is 0 Å². The Kier molecular flexibility index (Phi) is 2.55. The quantitative estimate of drug-likeness (QED) is 0.742. The number of aliphatic hydroxyl groups excluding tert-OH is 1. The lowest BCUT2D eigenvalue weighted by Gasteiger charge is -2.36. The van der Waals surface area contributed by atoms with Gasteiger partial charge in [0, 0.05) is 25.3 Å². The molecular weight excluding hydrogens is 232 g/mol. The van der Waals surface area contributed by atoms with Crippen LogP contribution in [0, 0.1) is 0 Å². The summed E-state index contributed by atoms with van der Waals surface area (Å²) >= 11 is 0. The fourth-order valence-corrected chi connectivity index (χ4v) is 3.28. The molecule has 0 aliphatic carbocycles. The summed E-state index contributed by atoms with van der Waals surface area (Å²) in [6.07, 6.45) is 4.67. The summed E-state index contributed by atoms with van der Waals surface area (Å²) in [6, 6.07) is 0.292. The van der Waals surface area contributed by atoms with Crippen LogP contribution >= 0.6 is 0 Å². The summed E-state index contributed by atoms with van der Waals surface area (Å²) in [5.41, 5.74) is 6.57. The molecule has 2 bridgehead atoms. The molecule has 2 aliphatic heterocycles. The number of anilines is 1. The first kappa shape index (κ1) is 11.5. The molecule has 2 aliphatic rings. The molecule has 0 radical (unpaired) electrons. The van der Waals surface area contributed by atoms with Crippen LogP contribution in [0.15, 0.2) is 6.20 Å². The third-order valence-electron chi connectivity index (χ3n) is 4.00. The largest absolute Gasteiger partial charge is 0.396 e. The van der Waals surface area contributed by atoms with Gasteiger partial charge < -0.3 is 15.7 Å². The SMILES string of the molecule is Cn1cc(N)c(C(=O)N2C3CCC2CC(O)C3)n1. The molecule has 2 fully saturated rings. The second-order valence-electron chi connectivity index (χ2n) is 5.33. The molecular formula is C12H18N4O2. The number of aryl methyl sites for hydroxylation is 1. The minimum atomic E-state index is -0.271. The van der Waals surface area contributed by atoms with Crippen molar-refractivity contribution in [2.24, 2.45) is 7.05 Å². The van der Waals surface area contributed by atoms with Gasteiger partial charge in [0.05, 0.1) is 11.8 Å². The third-order valence-corrected chi connectivity index (χ3v) is 4.00. The molecule has 98 valence electrons. The molecule has 0 saturated carbocycles. The fourth-order valence-electron chi connectivity index (χ4n) is 3.28. The van der Waals surface area contributed by atoms with Gasteiger partial charge in [-0.25, -0.2) is 0 Å². The van der Waals surface area contributed by atoms with Gasteiger partial charge in [0.15, 0.2) is 5.69 Å². The number of fused-ring (bicyclic) bond motifs is 2. The van der Waals surface area contributed by atoms with E-state index in [-0.39, 0.29) is 24.1 Å². The van der Waals surface area contributed by atoms with E-state index in [0.29, 0.717) is 24.2 Å². The van der Waals surface area contributed by atoms with Crippen LogP contribution in [0.5, 0.6) is 0 Å². The number of nitrogen functional groups attached to an aromatic ring is 1. The number of carbonyl (C=O) groups excluding carboxylic acids is 1. The zero-order chi connectivity index (χ0) is 12.9. The zero-order valence-corrected chi connectivity index (χ0v) is 10.4. The van der Waals surface area contributed by atoms with Gasteiger partial charge in [-0.3, -0.25) is 9.48 Å². The van der Waals surface area contributed by atoms with Crippen LogP contribution in [0.3, 0.4) is 0 Å². The van der Waals surface area contributed by atoms with E-state index < -0.39 is 0 Å². The van der Waals surface area contributed by atoms with E-state index in [0.717, 1.165) is 12.8 Å². The minimum Gasteiger partial charge on any atom is -0.396 e. The topological polar surface area (TPSA) is 84.4 Å². The minimum absolute atomic E-state index is 0.0903. The maximum absolute atomic E-state index is 12.5. The molecule has 2 atom stereocenters. The highest BCUT2D eigenvalue weighted by Crippen LogP contribution is 2.37. The van der Waals surface area contributed by atoms with Crippen molar-refractivity contribution in [1.29, 1.82) is 0 Å². The van der Waals surface area contributed by atoms with Crippen LogP contribution in [0.25, 0.3) is 0 Å². The third kappa shape index (κ3) is 1.68. The lowest BCUT2D eigenvalue weighted by molar-refractivity contribution is 0.0283. The Morgan fingerprint density at radius 3 is 2.56 bits per heavy atom. The van der Waals surface area contributed by atoms with Gasteiger partial charge in [-0.15, -0.1) is 0 Å². The highest BCUT2D eigenvalue weighted by Gasteiger charge is 2.43. The number of aliphatic hydroxyl groups is 1. The van der Waals surface area contributed by atoms with Crippen LogP contribution < -0.4 is 5.73 Å². The molecule has 1 amide bonds. The second kappa shape index (κ2) is 3.98. The molecule has 3 N–H and O–H groups in total. The monoisotopic (exact) mass is 250 g/mol. The van der Waals surface area contributed by atoms with Crippen molar-refractivity contribution >= 4 is 11.6 Å². The zero-order valence-electron chi connectivity index (χ0n) is 10.4. The number of rotatable bonds is 1. The predicted molar refractivity (Wildman–Crippen MR) is 65.8 cm³/mol. The number of amides is 1. The number of carbonyl (C=O) groups is 1. The maximum atomic E-state index is 12.5. The van der Waals surface area contributed by atoms with Crippen molar-refractivity contribution in [3.8, 4) is 0 Å². The van der Waals surface area contributed by atoms with Gasteiger partial charge in [0.1, 0.15) is 0 Å². The molecule has 1 aromatic heterocycles. The highest BCUT2D eigenvalue weighted by molar-refractivity contribution is 5.97. The first-order chi connectivity index (χ1) is 8.56. The number of aromatic nitrogens is 2. The van der Waals surface area contributed by atoms with Gasteiger partial charge in [0.25, 0.3) is 5.91 Å². The van der Waals surface area contributed by atoms with E-state index >= 15 is 0 Å². The lowest BCUT2D eigenvalue weighted by atomic mass is 9.99. The standard InChI is InChI=1S/C12H18N4O2/c1-15-6-10(13)11(14-15)12(18)16-7-2-3-8(16)5-9(17)4-7/h6-9,17H,2-5,13H2,1H3. The van der Waals surface area contributed by atoms with Gasteiger partial charge >= 0.3 is 0 Å². The van der Waals surface area contributed by atoms with Crippen LogP contribution in [0.2, 0.25) is 0 Å². The summed E-state index contributed by atoms with van der Waals surface area (Å²) < 4.78 is 1.56. The fraction of sp³-hybridized carbons (Fsp3) is 0.667. The van der Waals surface area contributed by atoms with E-state index in [1.807, 2.05) is 4.90 Å². The summed E-state index contributed by atoms with van der Waals surface area (Å²) in [6.45, 7) is 0. The number of hydrogen-bond acceptors (Lipinski definition) is 4. The van der Waals surface area contributed by atoms with Crippen LogP contribution in [-0.4, -0.2) is 43.9 Å². The average molecular weight is 250 g/mol. The Labute approximate surface area is 105 Å². The molecule has 3 rings (SSSR count). The van der Waals surface area contributed by atoms with Crippen molar-refractivity contribution in [2.75, 3.05) is 5.73 Å². The van der Waals surface area contributed by atoms with E-state index in [4.69, 9.17) is 5.73 Å². The van der Waals surface area contributed by atoms with Gasteiger partial charge in [0.2, 0.25) is 0 Å². The smallest absolute Gasteiger partial charge is 0.277 e. The first-order valence-corrected chi connectivity index (χ1v) is 6.36. The highest BCUT2D eigenvalue weighted by atomic mass is 16.3. The Morgan fingerprint density at radius 1 is 1.44 bits per heavy atom. The molecule has 0 spiro atoms. The first-order valence-electron chi connectivity index (χ1n) is 6.36. The van der Waals surface area contributed by atoms with Crippen LogP contribution in [-0.2, 0) is 7.05 Å². The molecule has 6 nitrogen and oxygen atoms in total. The van der Waals surface area contributed by atoms with E-state index in [1.165, 1.54) is 0 Å². The number of piperidine rings is 1. The molecule has 3 heterocycles. The summed E-state index contributed by atoms with van der Waals surface area (Å²) in [5, 5.41) is 13.9. The van der Waals surface area contributed by atoms with Gasteiger partial charge in [-0.2, -0.15) is 5.10 Å². The van der Waals surface area contributed by atoms with Crippen molar-refractivity contribution < 1.29 is 9.90 Å². The average Bonchev–Trinajstić information content (AvgIpc) is 2.76. The van der Waals surface area contributed by atoms with Crippen LogP contribution in [0.1, 0.15) is 36.2 Å². The van der Waals surface area contributed by atoms with Crippen molar-refractivity contribution in [2.45, 2.75) is 43.9 Å². The lowest BCUT2D eigenvalue weighted by Crippen LogP contribution is -2.48. The van der Waals surface area contributed by atoms with Crippen molar-refractivity contribution in [3.05, 3.63) is 11.9 Å². The summed E-state index contributed by atoms with van der Waals surface area (Å²) in [4.78, 5) is 14.4. The Hall–Kier alpha value is -1.56. The molecule has 1 aromatic rings. The number of nitrogens with zero attached hydrogens (tertiary/aromatic N) is 3. The van der Waals surface area contributed by atoms with E-state index in [1.54, 1.807) is 17.9 Å². The predicted octanol–water partition coefficient (Wildman–Crippen LogP) is 0.130. The second-order valence-corrected chi connectivity index (χ2v) is 5.33.